The number of carbonyl (C=O) groups excluding carboxylic acids is 1. The smallest absolute Gasteiger partial charge is 0.228 e. The molecule has 1 aliphatic heterocycles. The van der Waals surface area contributed by atoms with Crippen LogP contribution in [0.5, 0.6) is 5.75 Å². The number of rotatable bonds is 4. The molecular formula is C14H18ClNO2. The Morgan fingerprint density at radius 2 is 2.28 bits per heavy atom. The van der Waals surface area contributed by atoms with E-state index in [0.717, 1.165) is 23.4 Å². The highest BCUT2D eigenvalue weighted by Crippen LogP contribution is 2.33. The van der Waals surface area contributed by atoms with Crippen LogP contribution in [0.25, 0.3) is 0 Å². The van der Waals surface area contributed by atoms with Crippen molar-refractivity contribution in [3.05, 3.63) is 23.8 Å². The van der Waals surface area contributed by atoms with Crippen LogP contribution in [-0.2, 0) is 4.79 Å². The van der Waals surface area contributed by atoms with Crippen LogP contribution in [0.4, 0.5) is 5.69 Å². The third-order valence-electron chi connectivity index (χ3n) is 2.95. The third kappa shape index (κ3) is 2.78. The van der Waals surface area contributed by atoms with Gasteiger partial charge in [0.1, 0.15) is 5.75 Å². The molecule has 0 aromatic heterocycles. The van der Waals surface area contributed by atoms with Crippen molar-refractivity contribution in [2.24, 2.45) is 0 Å². The predicted molar refractivity (Wildman–Crippen MR) is 73.6 cm³/mol. The number of carbonyl (C=O) groups is 1. The number of hydrogen-bond donors (Lipinski definition) is 0. The molecule has 4 heteroatoms. The molecule has 0 radical (unpaired) electrons. The Hall–Kier alpha value is -1.22. The van der Waals surface area contributed by atoms with Crippen LogP contribution in [0.3, 0.4) is 0 Å². The molecule has 0 N–H and O–H groups in total. The van der Waals surface area contributed by atoms with Crippen LogP contribution in [0, 0.1) is 6.92 Å². The Kier molecular flexibility index (Phi) is 4.12. The van der Waals surface area contributed by atoms with Crippen molar-refractivity contribution in [1.82, 2.24) is 0 Å². The molecule has 1 aliphatic rings. The third-order valence-corrected chi connectivity index (χ3v) is 3.24. The lowest BCUT2D eigenvalue weighted by Gasteiger charge is -2.20. The molecule has 1 saturated heterocycles. The number of halogens is 1. The lowest BCUT2D eigenvalue weighted by molar-refractivity contribution is -0.117. The molecule has 1 heterocycles. The Bertz CT molecular complexity index is 447. The van der Waals surface area contributed by atoms with Gasteiger partial charge in [-0.15, -0.1) is 11.6 Å². The number of anilines is 1. The van der Waals surface area contributed by atoms with Crippen molar-refractivity contribution in [1.29, 1.82) is 0 Å². The Morgan fingerprint density at radius 3 is 2.89 bits per heavy atom. The zero-order chi connectivity index (χ0) is 13.1. The van der Waals surface area contributed by atoms with E-state index in [4.69, 9.17) is 16.3 Å². The van der Waals surface area contributed by atoms with Gasteiger partial charge in [0.05, 0.1) is 17.7 Å². The average Bonchev–Trinajstić information content (AvgIpc) is 2.66. The van der Waals surface area contributed by atoms with E-state index in [0.29, 0.717) is 19.6 Å². The predicted octanol–water partition coefficient (Wildman–Crippen LogP) is 3.13. The normalized spacial score (nSPS) is 19.4. The van der Waals surface area contributed by atoms with E-state index in [1.165, 1.54) is 0 Å². The molecule has 3 nitrogen and oxygen atoms in total. The maximum atomic E-state index is 11.9. The summed E-state index contributed by atoms with van der Waals surface area (Å²) in [6, 6.07) is 5.90. The molecule has 1 amide bonds. The fourth-order valence-electron chi connectivity index (χ4n) is 2.07. The Balaban J connectivity index is 2.28. The standard InChI is InChI=1S/C14H18ClNO2/c1-3-6-18-13-7-10(2)4-5-12(13)16-9-11(15)8-14(16)17/h4-5,7,11H,3,6,8-9H2,1-2H3. The van der Waals surface area contributed by atoms with E-state index < -0.39 is 0 Å². The molecule has 1 aromatic carbocycles. The molecule has 0 spiro atoms. The summed E-state index contributed by atoms with van der Waals surface area (Å²) in [6.07, 6.45) is 1.35. The van der Waals surface area contributed by atoms with E-state index in [9.17, 15) is 4.79 Å². The second-order valence-corrected chi connectivity index (χ2v) is 5.24. The first-order valence-corrected chi connectivity index (χ1v) is 6.73. The maximum absolute atomic E-state index is 11.9. The number of alkyl halides is 1. The van der Waals surface area contributed by atoms with Gasteiger partial charge in [-0.05, 0) is 31.0 Å². The van der Waals surface area contributed by atoms with Crippen LogP contribution in [0.15, 0.2) is 18.2 Å². The molecule has 98 valence electrons. The summed E-state index contributed by atoms with van der Waals surface area (Å²) in [5.74, 6) is 0.844. The number of hydrogen-bond acceptors (Lipinski definition) is 2. The van der Waals surface area contributed by atoms with E-state index in [2.05, 4.69) is 6.92 Å². The van der Waals surface area contributed by atoms with Crippen LogP contribution in [-0.4, -0.2) is 24.4 Å². The minimum absolute atomic E-state index is 0.0696. The van der Waals surface area contributed by atoms with Gasteiger partial charge in [0.25, 0.3) is 0 Å². The molecule has 0 aliphatic carbocycles. The molecule has 0 bridgehead atoms. The van der Waals surface area contributed by atoms with Crippen LogP contribution in [0.2, 0.25) is 0 Å². The van der Waals surface area contributed by atoms with Crippen LogP contribution in [0.1, 0.15) is 25.3 Å². The summed E-state index contributed by atoms with van der Waals surface area (Å²) in [5.41, 5.74) is 1.96. The van der Waals surface area contributed by atoms with Crippen molar-refractivity contribution >= 4 is 23.2 Å². The van der Waals surface area contributed by atoms with Crippen LogP contribution < -0.4 is 9.64 Å². The molecule has 1 unspecified atom stereocenters. The lowest BCUT2D eigenvalue weighted by atomic mass is 10.2. The fraction of sp³-hybridized carbons (Fsp3) is 0.500. The lowest BCUT2D eigenvalue weighted by Crippen LogP contribution is -2.25. The van der Waals surface area contributed by atoms with Gasteiger partial charge in [0.2, 0.25) is 5.91 Å². The molecule has 1 fully saturated rings. The molecule has 18 heavy (non-hydrogen) atoms. The number of benzene rings is 1. The highest BCUT2D eigenvalue weighted by Gasteiger charge is 2.30. The first-order valence-electron chi connectivity index (χ1n) is 6.29. The van der Waals surface area contributed by atoms with Gasteiger partial charge in [-0.2, -0.15) is 0 Å². The Labute approximate surface area is 113 Å². The number of ether oxygens (including phenoxy) is 1. The minimum Gasteiger partial charge on any atom is -0.491 e. The zero-order valence-corrected chi connectivity index (χ0v) is 11.5. The quantitative estimate of drug-likeness (QED) is 0.785. The number of aryl methyl sites for hydroxylation is 1. The zero-order valence-electron chi connectivity index (χ0n) is 10.8. The highest BCUT2D eigenvalue weighted by molar-refractivity contribution is 6.24. The van der Waals surface area contributed by atoms with Gasteiger partial charge in [-0.3, -0.25) is 4.79 Å². The van der Waals surface area contributed by atoms with Gasteiger partial charge in [-0.1, -0.05) is 13.0 Å². The first kappa shape index (κ1) is 13.2. The number of amides is 1. The summed E-state index contributed by atoms with van der Waals surface area (Å²) in [6.45, 7) is 5.29. The van der Waals surface area contributed by atoms with Crippen molar-refractivity contribution in [3.8, 4) is 5.75 Å². The Morgan fingerprint density at radius 1 is 1.50 bits per heavy atom. The average molecular weight is 268 g/mol. The van der Waals surface area contributed by atoms with Gasteiger partial charge in [0, 0.05) is 13.0 Å². The van der Waals surface area contributed by atoms with Crippen molar-refractivity contribution < 1.29 is 9.53 Å². The summed E-state index contributed by atoms with van der Waals surface area (Å²) in [5, 5.41) is -0.0992. The van der Waals surface area contributed by atoms with Crippen LogP contribution >= 0.6 is 11.6 Å². The monoisotopic (exact) mass is 267 g/mol. The van der Waals surface area contributed by atoms with Gasteiger partial charge >= 0.3 is 0 Å². The summed E-state index contributed by atoms with van der Waals surface area (Å²) >= 11 is 6.04. The second kappa shape index (κ2) is 5.61. The van der Waals surface area contributed by atoms with Gasteiger partial charge in [-0.25, -0.2) is 0 Å². The molecule has 2 rings (SSSR count). The maximum Gasteiger partial charge on any atom is 0.228 e. The van der Waals surface area contributed by atoms with E-state index in [-0.39, 0.29) is 11.3 Å². The minimum atomic E-state index is -0.0992. The van der Waals surface area contributed by atoms with E-state index >= 15 is 0 Å². The van der Waals surface area contributed by atoms with Crippen molar-refractivity contribution in [2.45, 2.75) is 32.1 Å². The SMILES string of the molecule is CCCOc1cc(C)ccc1N1CC(Cl)CC1=O. The van der Waals surface area contributed by atoms with Crippen molar-refractivity contribution in [2.75, 3.05) is 18.1 Å². The van der Waals surface area contributed by atoms with E-state index in [1.54, 1.807) is 4.90 Å². The summed E-state index contributed by atoms with van der Waals surface area (Å²) in [7, 11) is 0. The summed E-state index contributed by atoms with van der Waals surface area (Å²) < 4.78 is 5.73. The van der Waals surface area contributed by atoms with Crippen molar-refractivity contribution in [3.63, 3.8) is 0 Å². The topological polar surface area (TPSA) is 29.5 Å². The fourth-order valence-corrected chi connectivity index (χ4v) is 2.34. The molecular weight excluding hydrogens is 250 g/mol. The summed E-state index contributed by atoms with van der Waals surface area (Å²) in [4.78, 5) is 13.6. The first-order chi connectivity index (χ1) is 8.61. The second-order valence-electron chi connectivity index (χ2n) is 4.63. The van der Waals surface area contributed by atoms with Gasteiger partial charge < -0.3 is 9.64 Å². The molecule has 1 atom stereocenters. The molecule has 0 saturated carbocycles. The number of nitrogens with zero attached hydrogens (tertiary/aromatic N) is 1. The molecule has 1 aromatic rings. The highest BCUT2D eigenvalue weighted by atomic mass is 35.5. The van der Waals surface area contributed by atoms with Gasteiger partial charge in [0.15, 0.2) is 0 Å². The largest absolute Gasteiger partial charge is 0.491 e. The van der Waals surface area contributed by atoms with E-state index in [1.807, 2.05) is 25.1 Å².